The predicted molar refractivity (Wildman–Crippen MR) is 71.2 cm³/mol. The molecule has 0 unspecified atom stereocenters. The first-order chi connectivity index (χ1) is 7.38. The van der Waals surface area contributed by atoms with Gasteiger partial charge in [-0.2, -0.15) is 0 Å². The highest BCUT2D eigenvalue weighted by molar-refractivity contribution is 5.57. The molecule has 0 bridgehead atoms. The first-order valence-electron chi connectivity index (χ1n) is 5.62. The molecular formula is C13H24N2. The van der Waals surface area contributed by atoms with E-state index in [1.54, 1.807) is 6.21 Å². The standard InChI is InChI=1S/C9H12N2.2C2H6/c1-3-8-5-6-10-7-9(8)11-4-2;2*1-2/h3-6,10H,1,7H2,2H3;2*1-2H3. The summed E-state index contributed by atoms with van der Waals surface area (Å²) in [6.45, 7) is 14.4. The molecule has 0 radical (unpaired) electrons. The van der Waals surface area contributed by atoms with Gasteiger partial charge in [-0.05, 0) is 24.8 Å². The fraction of sp³-hybridized carbons (Fsp3) is 0.462. The van der Waals surface area contributed by atoms with Crippen molar-refractivity contribution in [3.63, 3.8) is 0 Å². The molecule has 0 aliphatic carbocycles. The van der Waals surface area contributed by atoms with E-state index in [0.29, 0.717) is 0 Å². The van der Waals surface area contributed by atoms with Crippen molar-refractivity contribution in [2.24, 2.45) is 4.99 Å². The number of allylic oxidation sites excluding steroid dienone is 3. The fourth-order valence-electron chi connectivity index (χ4n) is 0.964. The molecule has 0 aromatic carbocycles. The molecule has 0 fully saturated rings. The van der Waals surface area contributed by atoms with Crippen LogP contribution in [-0.4, -0.2) is 12.8 Å². The summed E-state index contributed by atoms with van der Waals surface area (Å²) in [6.07, 6.45) is 7.49. The van der Waals surface area contributed by atoms with Gasteiger partial charge >= 0.3 is 0 Å². The fourth-order valence-corrected chi connectivity index (χ4v) is 0.964. The molecule has 0 saturated carbocycles. The lowest BCUT2D eigenvalue weighted by Gasteiger charge is -2.09. The van der Waals surface area contributed by atoms with Crippen molar-refractivity contribution in [1.82, 2.24) is 5.32 Å². The van der Waals surface area contributed by atoms with Crippen LogP contribution in [0.15, 0.2) is 41.2 Å². The Morgan fingerprint density at radius 3 is 2.40 bits per heavy atom. The van der Waals surface area contributed by atoms with Crippen molar-refractivity contribution in [1.29, 1.82) is 0 Å². The number of nitrogens with one attached hydrogen (secondary N) is 1. The third kappa shape index (κ3) is 6.72. The van der Waals surface area contributed by atoms with E-state index >= 15 is 0 Å². The Bertz CT molecular complexity index is 235. The van der Waals surface area contributed by atoms with Gasteiger partial charge in [-0.1, -0.05) is 40.3 Å². The lowest BCUT2D eigenvalue weighted by molar-refractivity contribution is 0.899. The smallest absolute Gasteiger partial charge is 0.0662 e. The first kappa shape index (κ1) is 16.1. The molecule has 2 heteroatoms. The monoisotopic (exact) mass is 208 g/mol. The van der Waals surface area contributed by atoms with Crippen molar-refractivity contribution in [2.75, 3.05) is 6.54 Å². The second-order valence-corrected chi connectivity index (χ2v) is 2.21. The zero-order chi connectivity index (χ0) is 12.1. The number of rotatable bonds is 2. The normalized spacial score (nSPS) is 13.4. The maximum atomic E-state index is 4.21. The summed E-state index contributed by atoms with van der Waals surface area (Å²) in [6, 6.07) is 0. The maximum Gasteiger partial charge on any atom is 0.0662 e. The second-order valence-electron chi connectivity index (χ2n) is 2.21. The zero-order valence-electron chi connectivity index (χ0n) is 10.7. The molecule has 86 valence electrons. The number of dihydropyridines is 1. The Balaban J connectivity index is 0. The molecule has 0 aromatic rings. The third-order valence-corrected chi connectivity index (χ3v) is 1.49. The highest BCUT2D eigenvalue weighted by Crippen LogP contribution is 2.10. The molecule has 1 rings (SSSR count). The molecule has 0 spiro atoms. The van der Waals surface area contributed by atoms with Gasteiger partial charge in [0.15, 0.2) is 0 Å². The first-order valence-corrected chi connectivity index (χ1v) is 5.62. The minimum absolute atomic E-state index is 0.794. The van der Waals surface area contributed by atoms with Crippen molar-refractivity contribution < 1.29 is 0 Å². The summed E-state index contributed by atoms with van der Waals surface area (Å²) in [5, 5.41) is 3.08. The third-order valence-electron chi connectivity index (χ3n) is 1.49. The van der Waals surface area contributed by atoms with E-state index < -0.39 is 0 Å². The van der Waals surface area contributed by atoms with Crippen LogP contribution < -0.4 is 5.32 Å². The summed E-state index contributed by atoms with van der Waals surface area (Å²) in [5.74, 6) is 0. The van der Waals surface area contributed by atoms with E-state index in [-0.39, 0.29) is 0 Å². The number of hydrogen-bond donors (Lipinski definition) is 1. The molecule has 0 aromatic heterocycles. The molecule has 2 nitrogen and oxygen atoms in total. The quantitative estimate of drug-likeness (QED) is 0.688. The molecule has 0 amide bonds. The molecular weight excluding hydrogens is 184 g/mol. The van der Waals surface area contributed by atoms with E-state index in [1.165, 1.54) is 0 Å². The summed E-state index contributed by atoms with van der Waals surface area (Å²) in [5.41, 5.74) is 2.15. The van der Waals surface area contributed by atoms with Gasteiger partial charge in [0.1, 0.15) is 0 Å². The molecule has 1 N–H and O–H groups in total. The van der Waals surface area contributed by atoms with Gasteiger partial charge < -0.3 is 5.32 Å². The SMILES string of the molecule is C=CC1=C(N=CC)CNC=C1.CC.CC. The highest BCUT2D eigenvalue weighted by Gasteiger charge is 2.01. The zero-order valence-corrected chi connectivity index (χ0v) is 10.7. The lowest BCUT2D eigenvalue weighted by Crippen LogP contribution is -2.13. The molecule has 1 heterocycles. The molecule has 0 saturated heterocycles. The summed E-state index contributed by atoms with van der Waals surface area (Å²) < 4.78 is 0. The van der Waals surface area contributed by atoms with Gasteiger partial charge in [0.25, 0.3) is 0 Å². The molecule has 1 aliphatic heterocycles. The lowest BCUT2D eigenvalue weighted by atomic mass is 10.1. The van der Waals surface area contributed by atoms with Crippen LogP contribution >= 0.6 is 0 Å². The van der Waals surface area contributed by atoms with Crippen LogP contribution in [0.4, 0.5) is 0 Å². The van der Waals surface area contributed by atoms with Gasteiger partial charge in [-0.3, -0.25) is 4.99 Å². The van der Waals surface area contributed by atoms with E-state index in [0.717, 1.165) is 17.8 Å². The summed E-state index contributed by atoms with van der Waals surface area (Å²) >= 11 is 0. The average molecular weight is 208 g/mol. The van der Waals surface area contributed by atoms with Crippen LogP contribution in [-0.2, 0) is 0 Å². The van der Waals surface area contributed by atoms with Crippen molar-refractivity contribution in [2.45, 2.75) is 34.6 Å². The Labute approximate surface area is 94.5 Å². The average Bonchev–Trinajstić information content (AvgIpc) is 2.35. The minimum Gasteiger partial charge on any atom is -0.385 e. The van der Waals surface area contributed by atoms with Crippen LogP contribution in [0.25, 0.3) is 0 Å². The maximum absolute atomic E-state index is 4.21. The number of hydrogen-bond acceptors (Lipinski definition) is 2. The molecule has 0 atom stereocenters. The van der Waals surface area contributed by atoms with Gasteiger partial charge in [-0.25, -0.2) is 0 Å². The predicted octanol–water partition coefficient (Wildman–Crippen LogP) is 3.69. The molecule has 15 heavy (non-hydrogen) atoms. The van der Waals surface area contributed by atoms with Crippen LogP contribution in [0.2, 0.25) is 0 Å². The van der Waals surface area contributed by atoms with Gasteiger partial charge in [0, 0.05) is 6.21 Å². The number of aliphatic imine (C=N–C) groups is 1. The Morgan fingerprint density at radius 1 is 1.33 bits per heavy atom. The van der Waals surface area contributed by atoms with E-state index in [9.17, 15) is 0 Å². The van der Waals surface area contributed by atoms with E-state index in [1.807, 2.05) is 53.0 Å². The number of nitrogens with zero attached hydrogens (tertiary/aromatic N) is 1. The Morgan fingerprint density at radius 2 is 1.93 bits per heavy atom. The van der Waals surface area contributed by atoms with Gasteiger partial charge in [0.2, 0.25) is 0 Å². The molecule has 1 aliphatic rings. The van der Waals surface area contributed by atoms with Crippen LogP contribution in [0.1, 0.15) is 34.6 Å². The highest BCUT2D eigenvalue weighted by atomic mass is 14.9. The van der Waals surface area contributed by atoms with Gasteiger partial charge in [0.05, 0.1) is 12.2 Å². The summed E-state index contributed by atoms with van der Waals surface area (Å²) in [7, 11) is 0. The van der Waals surface area contributed by atoms with Crippen LogP contribution in [0.3, 0.4) is 0 Å². The summed E-state index contributed by atoms with van der Waals surface area (Å²) in [4.78, 5) is 4.21. The largest absolute Gasteiger partial charge is 0.385 e. The van der Waals surface area contributed by atoms with Crippen molar-refractivity contribution in [3.8, 4) is 0 Å². The Hall–Kier alpha value is -1.31. The van der Waals surface area contributed by atoms with E-state index in [2.05, 4.69) is 16.9 Å². The minimum atomic E-state index is 0.794. The van der Waals surface area contributed by atoms with Crippen molar-refractivity contribution >= 4 is 6.21 Å². The second kappa shape index (κ2) is 12.7. The topological polar surface area (TPSA) is 24.4 Å². The van der Waals surface area contributed by atoms with Crippen LogP contribution in [0.5, 0.6) is 0 Å². The van der Waals surface area contributed by atoms with E-state index in [4.69, 9.17) is 0 Å². The Kier molecular flexibility index (Phi) is 13.6. The van der Waals surface area contributed by atoms with Gasteiger partial charge in [-0.15, -0.1) is 0 Å². The van der Waals surface area contributed by atoms with Crippen LogP contribution in [0, 0.1) is 0 Å². The van der Waals surface area contributed by atoms with Crippen molar-refractivity contribution in [3.05, 3.63) is 36.2 Å².